The van der Waals surface area contributed by atoms with E-state index in [2.05, 4.69) is 26.5 Å². The summed E-state index contributed by atoms with van der Waals surface area (Å²) in [5.41, 5.74) is 0. The third-order valence-electron chi connectivity index (χ3n) is 2.76. The van der Waals surface area contributed by atoms with Crippen molar-refractivity contribution in [2.75, 3.05) is 0 Å². The molecular formula is C12H24AlCl. The molecule has 0 nitrogen and oxygen atoms in total. The largest absolute Gasteiger partial charge is 0.399 e. The van der Waals surface area contributed by atoms with Crippen LogP contribution in [0.2, 0.25) is 10.6 Å². The van der Waals surface area contributed by atoms with Gasteiger partial charge in [-0.25, -0.2) is 0 Å². The number of hydrogen-bond acceptors (Lipinski definition) is 0. The minimum absolute atomic E-state index is 0.695. The van der Waals surface area contributed by atoms with Gasteiger partial charge in [-0.05, 0) is 12.3 Å². The molecule has 0 bridgehead atoms. The Kier molecular flexibility index (Phi) is 10.5. The molecule has 0 N–H and O–H groups in total. The van der Waals surface area contributed by atoms with Gasteiger partial charge >= 0.3 is 13.2 Å². The normalized spacial score (nSPS) is 12.5. The van der Waals surface area contributed by atoms with Crippen molar-refractivity contribution < 1.29 is 0 Å². The van der Waals surface area contributed by atoms with Gasteiger partial charge in [-0.15, -0.1) is 6.58 Å². The van der Waals surface area contributed by atoms with Gasteiger partial charge in [-0.3, -0.25) is 10.0 Å². The maximum atomic E-state index is 6.27. The predicted molar refractivity (Wildman–Crippen MR) is 69.3 cm³/mol. The Morgan fingerprint density at radius 2 is 2.00 bits per heavy atom. The zero-order valence-electron chi connectivity index (χ0n) is 9.77. The highest BCUT2D eigenvalue weighted by Gasteiger charge is 2.16. The number of rotatable bonds is 9. The summed E-state index contributed by atoms with van der Waals surface area (Å²) in [6.45, 7) is 8.37. The van der Waals surface area contributed by atoms with E-state index in [1.807, 2.05) is 0 Å². The third kappa shape index (κ3) is 7.92. The molecule has 0 heterocycles. The lowest BCUT2D eigenvalue weighted by atomic mass is 10.0. The van der Waals surface area contributed by atoms with Gasteiger partial charge in [0.2, 0.25) is 0 Å². The molecule has 0 aliphatic rings. The first-order valence-corrected chi connectivity index (χ1v) is 9.39. The van der Waals surface area contributed by atoms with E-state index >= 15 is 0 Å². The van der Waals surface area contributed by atoms with Crippen LogP contribution in [0.5, 0.6) is 0 Å². The first-order chi connectivity index (χ1) is 6.74. The maximum Gasteiger partial charge on any atom is 0.399 e. The standard InChI is InChI=1S/C10H19.C2H5.Al.ClH/c1-4-6-7-8-9-10(3)5-2;1-2;;/h5,10H,2-4,6-9H2,1H3;1H2,2H3;;1H/q;;+1;/p-1. The van der Waals surface area contributed by atoms with Gasteiger partial charge in [-0.2, -0.15) is 0 Å². The lowest BCUT2D eigenvalue weighted by Crippen LogP contribution is -2.08. The molecule has 0 aliphatic carbocycles. The molecule has 0 rings (SSSR count). The van der Waals surface area contributed by atoms with E-state index in [-0.39, 0.29) is 0 Å². The number of allylic oxidation sites excluding steroid dienone is 1. The Morgan fingerprint density at radius 1 is 1.29 bits per heavy atom. The SMILES string of the molecule is C=CC(CCCCCC)[CH2][Al]([Cl])[CH2]C. The van der Waals surface area contributed by atoms with Crippen LogP contribution in [0.25, 0.3) is 0 Å². The Balaban J connectivity index is 3.52. The average molecular weight is 231 g/mol. The summed E-state index contributed by atoms with van der Waals surface area (Å²) in [5, 5.41) is 2.45. The second kappa shape index (κ2) is 10.1. The lowest BCUT2D eigenvalue weighted by Gasteiger charge is -2.12. The smallest absolute Gasteiger partial charge is 0.261 e. The van der Waals surface area contributed by atoms with Gasteiger partial charge in [0.1, 0.15) is 0 Å². The van der Waals surface area contributed by atoms with Crippen molar-refractivity contribution in [2.45, 2.75) is 56.5 Å². The van der Waals surface area contributed by atoms with Gasteiger partial charge in [0.25, 0.3) is 0 Å². The third-order valence-corrected chi connectivity index (χ3v) is 6.23. The Labute approximate surface area is 98.3 Å². The highest BCUT2D eigenvalue weighted by atomic mass is 35.6. The number of halogens is 1. The molecule has 0 spiro atoms. The van der Waals surface area contributed by atoms with E-state index in [1.54, 1.807) is 0 Å². The zero-order chi connectivity index (χ0) is 10.8. The molecule has 1 atom stereocenters. The summed E-state index contributed by atoms with van der Waals surface area (Å²) < 4.78 is 0. The van der Waals surface area contributed by atoms with Crippen LogP contribution < -0.4 is 0 Å². The molecule has 0 saturated carbocycles. The van der Waals surface area contributed by atoms with E-state index in [0.29, 0.717) is 5.92 Å². The van der Waals surface area contributed by atoms with Crippen molar-refractivity contribution in [2.24, 2.45) is 5.92 Å². The van der Waals surface area contributed by atoms with Crippen LogP contribution >= 0.6 is 10.0 Å². The zero-order valence-corrected chi connectivity index (χ0v) is 11.7. The first kappa shape index (κ1) is 14.6. The summed E-state index contributed by atoms with van der Waals surface area (Å²) in [6.07, 6.45) is 8.84. The fraction of sp³-hybridized carbons (Fsp3) is 0.833. The summed E-state index contributed by atoms with van der Waals surface area (Å²) in [6, 6.07) is 0. The fourth-order valence-electron chi connectivity index (χ4n) is 1.66. The van der Waals surface area contributed by atoms with Crippen LogP contribution in [0.4, 0.5) is 0 Å². The highest BCUT2D eigenvalue weighted by Crippen LogP contribution is 2.20. The molecule has 0 fully saturated rings. The summed E-state index contributed by atoms with van der Waals surface area (Å²) in [7, 11) is 6.27. The molecule has 2 heteroatoms. The van der Waals surface area contributed by atoms with Gasteiger partial charge in [0.15, 0.2) is 0 Å². The minimum Gasteiger partial charge on any atom is -0.261 e. The lowest BCUT2D eigenvalue weighted by molar-refractivity contribution is 0.559. The molecule has 0 aromatic heterocycles. The molecule has 0 amide bonds. The quantitative estimate of drug-likeness (QED) is 0.297. The van der Waals surface area contributed by atoms with Crippen molar-refractivity contribution in [1.29, 1.82) is 0 Å². The van der Waals surface area contributed by atoms with Crippen molar-refractivity contribution >= 4 is 23.3 Å². The summed E-state index contributed by atoms with van der Waals surface area (Å²) in [5.74, 6) is 0.695. The molecule has 82 valence electrons. The Bertz CT molecular complexity index is 136. The van der Waals surface area contributed by atoms with Crippen LogP contribution in [-0.2, 0) is 0 Å². The molecule has 1 unspecified atom stereocenters. The van der Waals surface area contributed by atoms with Gasteiger partial charge in [0, 0.05) is 0 Å². The fourth-order valence-corrected chi connectivity index (χ4v) is 3.77. The second-order valence-corrected chi connectivity index (χ2v) is 8.42. The molecule has 0 radical (unpaired) electrons. The molecule has 0 aromatic carbocycles. The van der Waals surface area contributed by atoms with E-state index in [4.69, 9.17) is 10.0 Å². The van der Waals surface area contributed by atoms with E-state index in [0.717, 1.165) is 0 Å². The Hall–Kier alpha value is 0.562. The van der Waals surface area contributed by atoms with E-state index in [1.165, 1.54) is 42.7 Å². The summed E-state index contributed by atoms with van der Waals surface area (Å²) in [4.78, 5) is 0. The highest BCUT2D eigenvalue weighted by molar-refractivity contribution is 7.06. The molecular weight excluding hydrogens is 207 g/mol. The van der Waals surface area contributed by atoms with Crippen LogP contribution in [0.15, 0.2) is 12.7 Å². The van der Waals surface area contributed by atoms with Crippen molar-refractivity contribution in [3.05, 3.63) is 12.7 Å². The first-order valence-electron chi connectivity index (χ1n) is 6.01. The van der Waals surface area contributed by atoms with Crippen molar-refractivity contribution in [1.82, 2.24) is 0 Å². The van der Waals surface area contributed by atoms with Crippen LogP contribution in [0.1, 0.15) is 46.0 Å². The molecule has 0 saturated heterocycles. The molecule has 14 heavy (non-hydrogen) atoms. The number of hydrogen-bond donors (Lipinski definition) is 0. The van der Waals surface area contributed by atoms with Gasteiger partial charge in [0.05, 0.1) is 0 Å². The number of unbranched alkanes of at least 4 members (excludes halogenated alkanes) is 3. The molecule has 0 aliphatic heterocycles. The van der Waals surface area contributed by atoms with Gasteiger partial charge in [-0.1, -0.05) is 56.2 Å². The maximum absolute atomic E-state index is 6.27. The second-order valence-electron chi connectivity index (χ2n) is 4.09. The van der Waals surface area contributed by atoms with Crippen LogP contribution in [0, 0.1) is 5.92 Å². The van der Waals surface area contributed by atoms with Crippen molar-refractivity contribution in [3.8, 4) is 0 Å². The van der Waals surface area contributed by atoms with E-state index < -0.39 is 13.2 Å². The van der Waals surface area contributed by atoms with Crippen LogP contribution in [0.3, 0.4) is 0 Å². The minimum atomic E-state index is -0.915. The van der Waals surface area contributed by atoms with E-state index in [9.17, 15) is 0 Å². The predicted octanol–water partition coefficient (Wildman–Crippen LogP) is 5.01. The Morgan fingerprint density at radius 3 is 2.50 bits per heavy atom. The van der Waals surface area contributed by atoms with Crippen molar-refractivity contribution in [3.63, 3.8) is 0 Å². The topological polar surface area (TPSA) is 0 Å². The summed E-state index contributed by atoms with van der Waals surface area (Å²) >= 11 is -0.915. The van der Waals surface area contributed by atoms with Gasteiger partial charge < -0.3 is 0 Å². The average Bonchev–Trinajstić information content (AvgIpc) is 2.22. The monoisotopic (exact) mass is 230 g/mol. The molecule has 0 aromatic rings. The van der Waals surface area contributed by atoms with Crippen LogP contribution in [-0.4, -0.2) is 13.2 Å².